The Morgan fingerprint density at radius 3 is 2.74 bits per heavy atom. The molecular formula is C25H34FN3O5S. The molecule has 2 N–H and O–H groups in total. The summed E-state index contributed by atoms with van der Waals surface area (Å²) in [7, 11) is -2.02. The summed E-state index contributed by atoms with van der Waals surface area (Å²) in [5, 5.41) is 2.99. The van der Waals surface area contributed by atoms with Crippen LogP contribution in [0.1, 0.15) is 50.5 Å². The van der Waals surface area contributed by atoms with Gasteiger partial charge >= 0.3 is 0 Å². The number of pyridine rings is 1. The lowest BCUT2D eigenvalue weighted by Gasteiger charge is -2.29. The first-order valence-electron chi connectivity index (χ1n) is 12.2. The number of rotatable bonds is 12. The molecule has 10 heteroatoms. The summed E-state index contributed by atoms with van der Waals surface area (Å²) in [6.07, 6.45) is 4.16. The second-order valence-electron chi connectivity index (χ2n) is 9.42. The molecule has 4 rings (SSSR count). The first kappa shape index (κ1) is 25.5. The number of anilines is 1. The molecule has 2 heterocycles. The van der Waals surface area contributed by atoms with E-state index in [1.807, 2.05) is 6.92 Å². The Bertz CT molecular complexity index is 1180. The summed E-state index contributed by atoms with van der Waals surface area (Å²) in [5.74, 6) is 0.626. The number of hydrogen-bond acceptors (Lipinski definition) is 6. The monoisotopic (exact) mass is 507 g/mol. The Morgan fingerprint density at radius 2 is 2.03 bits per heavy atom. The molecule has 1 aliphatic heterocycles. The maximum absolute atomic E-state index is 14.2. The number of hydrogen-bond donors (Lipinski definition) is 2. The lowest BCUT2D eigenvalue weighted by Crippen LogP contribution is -2.40. The minimum Gasteiger partial charge on any atom is -0.490 e. The van der Waals surface area contributed by atoms with Gasteiger partial charge in [0.25, 0.3) is 5.56 Å². The third kappa shape index (κ3) is 6.35. The highest BCUT2D eigenvalue weighted by atomic mass is 32.2. The minimum atomic E-state index is -3.49. The Balaban J connectivity index is 1.35. The van der Waals surface area contributed by atoms with Crippen molar-refractivity contribution in [3.05, 3.63) is 52.1 Å². The number of H-pyrrole nitrogens is 1. The van der Waals surface area contributed by atoms with Gasteiger partial charge in [-0.3, -0.25) is 9.78 Å². The fraction of sp³-hybridized carbons (Fsp3) is 0.560. The molecule has 2 atom stereocenters. The largest absolute Gasteiger partial charge is 0.490 e. The summed E-state index contributed by atoms with van der Waals surface area (Å²) in [6, 6.07) is 7.92. The minimum absolute atomic E-state index is 0.0174. The molecule has 1 aromatic heterocycles. The molecule has 2 aromatic rings. The standard InChI is InChI=1S/C25H34FN3O5S/c1-17(19-8-9-20(26)23(15-19)34-16-18-6-7-18)22-5-3-13-29(22)35(31,32)14-4-12-27-21-10-11-24(33-2)28-25(21)30/h8-11,15,17-18,22,27H,3-7,12-14,16H2,1-2H3,(H,28,30). The van der Waals surface area contributed by atoms with E-state index < -0.39 is 10.0 Å². The van der Waals surface area contributed by atoms with Crippen molar-refractivity contribution in [2.75, 3.05) is 37.9 Å². The highest BCUT2D eigenvalue weighted by Gasteiger charge is 2.37. The van der Waals surface area contributed by atoms with Gasteiger partial charge in [-0.25, -0.2) is 12.8 Å². The van der Waals surface area contributed by atoms with Crippen LogP contribution >= 0.6 is 0 Å². The van der Waals surface area contributed by atoms with E-state index in [0.29, 0.717) is 43.6 Å². The van der Waals surface area contributed by atoms with Crippen LogP contribution in [0.3, 0.4) is 0 Å². The van der Waals surface area contributed by atoms with Crippen LogP contribution in [-0.2, 0) is 10.0 Å². The van der Waals surface area contributed by atoms with E-state index in [1.54, 1.807) is 28.6 Å². The van der Waals surface area contributed by atoms with Crippen molar-refractivity contribution in [3.8, 4) is 11.6 Å². The van der Waals surface area contributed by atoms with Gasteiger partial charge in [-0.1, -0.05) is 13.0 Å². The normalized spacial score (nSPS) is 19.5. The van der Waals surface area contributed by atoms with Crippen molar-refractivity contribution in [2.24, 2.45) is 5.92 Å². The van der Waals surface area contributed by atoms with Gasteiger partial charge in [0.15, 0.2) is 17.4 Å². The van der Waals surface area contributed by atoms with Gasteiger partial charge in [0, 0.05) is 25.2 Å². The first-order chi connectivity index (χ1) is 16.8. The Labute approximate surface area is 205 Å². The summed E-state index contributed by atoms with van der Waals surface area (Å²) in [5.41, 5.74) is 0.928. The lowest BCUT2D eigenvalue weighted by molar-refractivity contribution is 0.284. The predicted molar refractivity (Wildman–Crippen MR) is 133 cm³/mol. The Morgan fingerprint density at radius 1 is 1.23 bits per heavy atom. The zero-order valence-corrected chi connectivity index (χ0v) is 21.1. The van der Waals surface area contributed by atoms with E-state index in [0.717, 1.165) is 31.2 Å². The molecule has 1 saturated heterocycles. The van der Waals surface area contributed by atoms with Crippen LogP contribution in [-0.4, -0.2) is 56.3 Å². The second kappa shape index (κ2) is 11.0. The molecule has 2 unspecified atom stereocenters. The van der Waals surface area contributed by atoms with E-state index in [1.165, 1.54) is 13.2 Å². The molecule has 35 heavy (non-hydrogen) atoms. The summed E-state index contributed by atoms with van der Waals surface area (Å²) in [4.78, 5) is 14.6. The number of halogens is 1. The van der Waals surface area contributed by atoms with Crippen LogP contribution in [0.15, 0.2) is 35.1 Å². The number of nitrogens with one attached hydrogen (secondary N) is 2. The van der Waals surface area contributed by atoms with Crippen molar-refractivity contribution in [1.29, 1.82) is 0 Å². The number of sulfonamides is 1. The highest BCUT2D eigenvalue weighted by Crippen LogP contribution is 2.36. The van der Waals surface area contributed by atoms with Crippen molar-refractivity contribution < 1.29 is 22.3 Å². The molecular weight excluding hydrogens is 473 g/mol. The van der Waals surface area contributed by atoms with E-state index in [9.17, 15) is 17.6 Å². The van der Waals surface area contributed by atoms with Crippen LogP contribution < -0.4 is 20.3 Å². The topological polar surface area (TPSA) is 101 Å². The summed E-state index contributed by atoms with van der Waals surface area (Å²) < 4.78 is 52.9. The van der Waals surface area contributed by atoms with Gasteiger partial charge < -0.3 is 14.8 Å². The second-order valence-corrected chi connectivity index (χ2v) is 11.5. The number of nitrogens with zero attached hydrogens (tertiary/aromatic N) is 1. The number of aromatic amines is 1. The molecule has 8 nitrogen and oxygen atoms in total. The summed E-state index contributed by atoms with van der Waals surface area (Å²) >= 11 is 0. The van der Waals surface area contributed by atoms with E-state index >= 15 is 0 Å². The van der Waals surface area contributed by atoms with Crippen molar-refractivity contribution in [2.45, 2.75) is 51.0 Å². The van der Waals surface area contributed by atoms with E-state index in [-0.39, 0.29) is 34.8 Å². The number of ether oxygens (including phenoxy) is 2. The molecule has 2 aliphatic rings. The van der Waals surface area contributed by atoms with Gasteiger partial charge in [-0.15, -0.1) is 0 Å². The number of benzene rings is 1. The third-order valence-corrected chi connectivity index (χ3v) is 8.80. The molecule has 1 saturated carbocycles. The van der Waals surface area contributed by atoms with Crippen molar-refractivity contribution >= 4 is 15.7 Å². The van der Waals surface area contributed by atoms with Crippen LogP contribution in [0.25, 0.3) is 0 Å². The Kier molecular flexibility index (Phi) is 8.01. The van der Waals surface area contributed by atoms with E-state index in [2.05, 4.69) is 10.3 Å². The quantitative estimate of drug-likeness (QED) is 0.425. The van der Waals surface area contributed by atoms with Gasteiger partial charge in [0.1, 0.15) is 5.69 Å². The molecule has 0 bridgehead atoms. The zero-order chi connectivity index (χ0) is 25.0. The third-order valence-electron chi connectivity index (χ3n) is 6.83. The zero-order valence-electron chi connectivity index (χ0n) is 20.3. The lowest BCUT2D eigenvalue weighted by atomic mass is 9.92. The predicted octanol–water partition coefficient (Wildman–Crippen LogP) is 3.71. The summed E-state index contributed by atoms with van der Waals surface area (Å²) in [6.45, 7) is 3.35. The smallest absolute Gasteiger partial charge is 0.274 e. The maximum atomic E-state index is 14.2. The van der Waals surface area contributed by atoms with Gasteiger partial charge in [-0.05, 0) is 67.7 Å². The maximum Gasteiger partial charge on any atom is 0.274 e. The molecule has 0 radical (unpaired) electrons. The van der Waals surface area contributed by atoms with Crippen LogP contribution in [0, 0.1) is 11.7 Å². The fourth-order valence-corrected chi connectivity index (χ4v) is 6.40. The van der Waals surface area contributed by atoms with Crippen LogP contribution in [0.4, 0.5) is 10.1 Å². The fourth-order valence-electron chi connectivity index (χ4n) is 4.55. The van der Waals surface area contributed by atoms with Crippen molar-refractivity contribution in [3.63, 3.8) is 0 Å². The van der Waals surface area contributed by atoms with Gasteiger partial charge in [0.2, 0.25) is 10.0 Å². The molecule has 0 spiro atoms. The molecule has 192 valence electrons. The number of aromatic nitrogens is 1. The average Bonchev–Trinajstić information content (AvgIpc) is 3.53. The van der Waals surface area contributed by atoms with Gasteiger partial charge in [-0.2, -0.15) is 4.31 Å². The average molecular weight is 508 g/mol. The molecule has 1 aliphatic carbocycles. The SMILES string of the molecule is COc1ccc(NCCCS(=O)(=O)N2CCCC2C(C)c2ccc(F)c(OCC3CC3)c2)c(=O)[nH]1. The Hall–Kier alpha value is -2.59. The molecule has 2 fully saturated rings. The highest BCUT2D eigenvalue weighted by molar-refractivity contribution is 7.89. The first-order valence-corrected chi connectivity index (χ1v) is 13.8. The van der Waals surface area contributed by atoms with Gasteiger partial charge in [0.05, 0.1) is 19.5 Å². The molecule has 1 aromatic carbocycles. The van der Waals surface area contributed by atoms with Crippen LogP contribution in [0.2, 0.25) is 0 Å². The number of methoxy groups -OCH3 is 1. The van der Waals surface area contributed by atoms with E-state index in [4.69, 9.17) is 9.47 Å². The van der Waals surface area contributed by atoms with Crippen molar-refractivity contribution in [1.82, 2.24) is 9.29 Å². The molecule has 0 amide bonds. The van der Waals surface area contributed by atoms with Crippen LogP contribution in [0.5, 0.6) is 11.6 Å².